The minimum atomic E-state index is -4.41. The van der Waals surface area contributed by atoms with Crippen LogP contribution in [-0.4, -0.2) is 5.78 Å². The molecular formula is C28H27F3O. The number of Topliss-reactive ketones (excluding diaryl/α,β-unsaturated/α-hetero) is 1. The van der Waals surface area contributed by atoms with Gasteiger partial charge in [-0.2, -0.15) is 13.2 Å². The summed E-state index contributed by atoms with van der Waals surface area (Å²) in [4.78, 5) is 13.7. The molecule has 0 aromatic heterocycles. The zero-order chi connectivity index (χ0) is 23.6. The Morgan fingerprint density at radius 1 is 0.688 bits per heavy atom. The number of hydrogen-bond acceptors (Lipinski definition) is 1. The molecular weight excluding hydrogens is 409 g/mol. The van der Waals surface area contributed by atoms with Gasteiger partial charge in [-0.05, 0) is 74.6 Å². The summed E-state index contributed by atoms with van der Waals surface area (Å²) in [6, 6.07) is 11.2. The highest BCUT2D eigenvalue weighted by Gasteiger charge is 2.36. The van der Waals surface area contributed by atoms with E-state index in [0.717, 1.165) is 34.4 Å². The Hall–Kier alpha value is -2.88. The third-order valence-electron chi connectivity index (χ3n) is 6.14. The molecule has 166 valence electrons. The molecule has 0 bridgehead atoms. The van der Waals surface area contributed by atoms with Gasteiger partial charge in [0.1, 0.15) is 0 Å². The maximum Gasteiger partial charge on any atom is 0.416 e. The fourth-order valence-corrected chi connectivity index (χ4v) is 4.28. The average Bonchev–Trinajstić information content (AvgIpc) is 3.04. The Morgan fingerprint density at radius 2 is 1.28 bits per heavy atom. The van der Waals surface area contributed by atoms with Crippen molar-refractivity contribution in [1.29, 1.82) is 0 Å². The van der Waals surface area contributed by atoms with E-state index < -0.39 is 11.7 Å². The van der Waals surface area contributed by atoms with E-state index in [4.69, 9.17) is 0 Å². The molecule has 4 heteroatoms. The lowest BCUT2D eigenvalue weighted by atomic mass is 9.74. The van der Waals surface area contributed by atoms with E-state index in [-0.39, 0.29) is 16.6 Å². The first-order valence-corrected chi connectivity index (χ1v) is 10.7. The Labute approximate surface area is 187 Å². The van der Waals surface area contributed by atoms with Gasteiger partial charge in [0.2, 0.25) is 0 Å². The molecule has 1 nitrogen and oxygen atoms in total. The van der Waals surface area contributed by atoms with Crippen LogP contribution in [0.15, 0.2) is 59.7 Å². The molecule has 2 aliphatic carbocycles. The van der Waals surface area contributed by atoms with E-state index >= 15 is 0 Å². The minimum Gasteiger partial charge on any atom is -0.289 e. The lowest BCUT2D eigenvalue weighted by Crippen LogP contribution is -2.20. The molecule has 0 saturated heterocycles. The topological polar surface area (TPSA) is 17.1 Å². The highest BCUT2D eigenvalue weighted by molar-refractivity contribution is 6.39. The van der Waals surface area contributed by atoms with Crippen LogP contribution < -0.4 is 0 Å². The molecule has 0 N–H and O–H groups in total. The molecule has 32 heavy (non-hydrogen) atoms. The van der Waals surface area contributed by atoms with Gasteiger partial charge in [-0.1, -0.05) is 65.8 Å². The van der Waals surface area contributed by atoms with E-state index in [1.807, 2.05) is 32.9 Å². The lowest BCUT2D eigenvalue weighted by Gasteiger charge is -2.29. The molecule has 0 amide bonds. The highest BCUT2D eigenvalue weighted by Crippen LogP contribution is 2.48. The van der Waals surface area contributed by atoms with Crippen molar-refractivity contribution in [3.05, 3.63) is 87.5 Å². The third-order valence-corrected chi connectivity index (χ3v) is 6.14. The zero-order valence-corrected chi connectivity index (χ0v) is 19.2. The van der Waals surface area contributed by atoms with Crippen LogP contribution in [-0.2, 0) is 16.4 Å². The van der Waals surface area contributed by atoms with Crippen LogP contribution in [0.5, 0.6) is 0 Å². The van der Waals surface area contributed by atoms with E-state index in [2.05, 4.69) is 39.0 Å². The van der Waals surface area contributed by atoms with Crippen molar-refractivity contribution in [3.8, 4) is 0 Å². The number of alkyl halides is 3. The van der Waals surface area contributed by atoms with Crippen molar-refractivity contribution in [3.63, 3.8) is 0 Å². The molecule has 0 heterocycles. The molecule has 0 aliphatic heterocycles. The predicted octanol–water partition coefficient (Wildman–Crippen LogP) is 7.87. The maximum atomic E-state index is 13.7. The number of fused-ring (bicyclic) bond motifs is 3. The van der Waals surface area contributed by atoms with Gasteiger partial charge in [-0.15, -0.1) is 0 Å². The molecule has 2 aromatic rings. The summed E-state index contributed by atoms with van der Waals surface area (Å²) in [7, 11) is 0. The number of halogens is 3. The Bertz CT molecular complexity index is 1210. The second-order valence-electron chi connectivity index (χ2n) is 10.6. The predicted molar refractivity (Wildman–Crippen MR) is 124 cm³/mol. The number of carbonyl (C=O) groups is 1. The quantitative estimate of drug-likeness (QED) is 0.445. The van der Waals surface area contributed by atoms with Gasteiger partial charge in [-0.3, -0.25) is 4.79 Å². The molecule has 2 aliphatic rings. The van der Waals surface area contributed by atoms with Crippen molar-refractivity contribution in [2.45, 2.75) is 53.1 Å². The van der Waals surface area contributed by atoms with Crippen molar-refractivity contribution in [2.75, 3.05) is 0 Å². The fraction of sp³-hybridized carbons (Fsp3) is 0.321. The summed E-state index contributed by atoms with van der Waals surface area (Å²) in [5.74, 6) is -0.138. The van der Waals surface area contributed by atoms with Crippen molar-refractivity contribution in [1.82, 2.24) is 0 Å². The zero-order valence-electron chi connectivity index (χ0n) is 19.2. The lowest BCUT2D eigenvalue weighted by molar-refractivity contribution is -0.137. The van der Waals surface area contributed by atoms with Crippen LogP contribution in [0.3, 0.4) is 0 Å². The van der Waals surface area contributed by atoms with Gasteiger partial charge in [0.05, 0.1) is 5.56 Å². The highest BCUT2D eigenvalue weighted by atomic mass is 19.4. The standard InChI is InChI=1S/C28H27F3O/c1-26(2,3)19-12-9-17-13-22-21(20(17)14-19)15-23(27(4,5)6)24(25(22)32)16-7-10-18(11-8-16)28(29,30)31/h7-15H,1-6H3. The van der Waals surface area contributed by atoms with E-state index in [0.29, 0.717) is 16.7 Å². The molecule has 0 radical (unpaired) electrons. The Kier molecular flexibility index (Phi) is 4.92. The summed E-state index contributed by atoms with van der Waals surface area (Å²) in [5.41, 5.74) is 5.44. The maximum absolute atomic E-state index is 13.7. The number of benzene rings is 2. The first-order valence-electron chi connectivity index (χ1n) is 10.7. The van der Waals surface area contributed by atoms with Gasteiger partial charge >= 0.3 is 6.18 Å². The van der Waals surface area contributed by atoms with Crippen LogP contribution in [0.1, 0.15) is 69.4 Å². The molecule has 0 saturated carbocycles. The van der Waals surface area contributed by atoms with Crippen LogP contribution in [0, 0.1) is 5.41 Å². The number of rotatable bonds is 1. The van der Waals surface area contributed by atoms with Crippen molar-refractivity contribution >= 4 is 23.0 Å². The van der Waals surface area contributed by atoms with E-state index in [1.165, 1.54) is 17.7 Å². The van der Waals surface area contributed by atoms with Crippen LogP contribution in [0.25, 0.3) is 17.2 Å². The molecule has 4 rings (SSSR count). The fourth-order valence-electron chi connectivity index (χ4n) is 4.28. The van der Waals surface area contributed by atoms with Gasteiger partial charge in [-0.25, -0.2) is 0 Å². The van der Waals surface area contributed by atoms with Crippen LogP contribution >= 0.6 is 0 Å². The summed E-state index contributed by atoms with van der Waals surface area (Å²) in [6.07, 6.45) is -0.457. The second kappa shape index (κ2) is 7.06. The number of carbonyl (C=O) groups excluding carboxylic acids is 1. The molecule has 0 atom stereocenters. The van der Waals surface area contributed by atoms with Crippen molar-refractivity contribution < 1.29 is 18.0 Å². The first kappa shape index (κ1) is 22.3. The van der Waals surface area contributed by atoms with Gasteiger partial charge in [0.25, 0.3) is 0 Å². The van der Waals surface area contributed by atoms with Crippen LogP contribution in [0.4, 0.5) is 13.2 Å². The van der Waals surface area contributed by atoms with Crippen molar-refractivity contribution in [2.24, 2.45) is 5.41 Å². The Balaban J connectivity index is 1.90. The third kappa shape index (κ3) is 3.76. The van der Waals surface area contributed by atoms with Gasteiger partial charge in [0, 0.05) is 11.1 Å². The van der Waals surface area contributed by atoms with E-state index in [1.54, 1.807) is 0 Å². The SMILES string of the molecule is CC(C)(C)C1=C(c2ccc(C(F)(F)F)cc2)C(=O)C2=Cc3ccc(C(C)(C)C)cc3C2=C1. The summed E-state index contributed by atoms with van der Waals surface area (Å²) in [5, 5.41) is 0. The normalized spacial score (nSPS) is 16.6. The van der Waals surface area contributed by atoms with Crippen LogP contribution in [0.2, 0.25) is 0 Å². The number of ketones is 1. The van der Waals surface area contributed by atoms with Gasteiger partial charge < -0.3 is 0 Å². The molecule has 0 unspecified atom stereocenters. The first-order chi connectivity index (χ1) is 14.7. The largest absolute Gasteiger partial charge is 0.416 e. The monoisotopic (exact) mass is 436 g/mol. The summed E-state index contributed by atoms with van der Waals surface area (Å²) >= 11 is 0. The number of allylic oxidation sites excluding steroid dienone is 5. The van der Waals surface area contributed by atoms with Gasteiger partial charge in [0.15, 0.2) is 5.78 Å². The summed E-state index contributed by atoms with van der Waals surface area (Å²) in [6.45, 7) is 12.5. The van der Waals surface area contributed by atoms with E-state index in [9.17, 15) is 18.0 Å². The minimum absolute atomic E-state index is 0.0227. The molecule has 2 aromatic carbocycles. The average molecular weight is 437 g/mol. The Morgan fingerprint density at radius 3 is 1.81 bits per heavy atom. The molecule has 0 fully saturated rings. The summed E-state index contributed by atoms with van der Waals surface area (Å²) < 4.78 is 39.2. The second-order valence-corrected chi connectivity index (χ2v) is 10.6. The number of hydrogen-bond donors (Lipinski definition) is 0. The molecule has 0 spiro atoms. The smallest absolute Gasteiger partial charge is 0.289 e.